The Morgan fingerprint density at radius 3 is 3.00 bits per heavy atom. The Hall–Kier alpha value is -1.46. The van der Waals surface area contributed by atoms with Crippen molar-refractivity contribution in [2.45, 2.75) is 37.8 Å². The highest BCUT2D eigenvalue weighted by atomic mass is 19.1. The quantitative estimate of drug-likeness (QED) is 0.911. The highest BCUT2D eigenvalue weighted by molar-refractivity contribution is 5.79. The number of rotatable bonds is 2. The van der Waals surface area contributed by atoms with Crippen LogP contribution in [0.3, 0.4) is 0 Å². The first kappa shape index (κ1) is 15.4. The van der Waals surface area contributed by atoms with E-state index in [0.717, 1.165) is 31.2 Å². The maximum atomic E-state index is 13.4. The molecule has 1 aromatic rings. The number of hydrogen-bond donors (Lipinski definition) is 1. The van der Waals surface area contributed by atoms with Crippen LogP contribution in [0.2, 0.25) is 0 Å². The van der Waals surface area contributed by atoms with Gasteiger partial charge in [0.15, 0.2) is 0 Å². The Labute approximate surface area is 130 Å². The van der Waals surface area contributed by atoms with Crippen LogP contribution >= 0.6 is 0 Å². The standard InChI is InChI=1S/C17H23FN2O2/c18-14-5-1-3-12(9-14)16-11-20(7-8-22-16)17(21)13-4-2-6-15(19)10-13/h1,3,5,9,13,15-16H,2,4,6-8,10-11,19H2/t13-,15-,16-/m1/s1. The predicted molar refractivity (Wildman–Crippen MR) is 81.6 cm³/mol. The van der Waals surface area contributed by atoms with Gasteiger partial charge in [0.2, 0.25) is 5.91 Å². The Bertz CT molecular complexity index is 537. The normalized spacial score (nSPS) is 29.4. The van der Waals surface area contributed by atoms with Gasteiger partial charge in [-0.25, -0.2) is 4.39 Å². The number of hydrogen-bond acceptors (Lipinski definition) is 3. The van der Waals surface area contributed by atoms with E-state index >= 15 is 0 Å². The molecule has 1 saturated carbocycles. The van der Waals surface area contributed by atoms with Crippen molar-refractivity contribution in [1.29, 1.82) is 0 Å². The van der Waals surface area contributed by atoms with Crippen molar-refractivity contribution in [1.82, 2.24) is 4.90 Å². The zero-order valence-corrected chi connectivity index (χ0v) is 12.7. The lowest BCUT2D eigenvalue weighted by Crippen LogP contribution is -2.46. The van der Waals surface area contributed by atoms with E-state index in [4.69, 9.17) is 10.5 Å². The smallest absolute Gasteiger partial charge is 0.225 e. The van der Waals surface area contributed by atoms with Crippen molar-refractivity contribution in [3.63, 3.8) is 0 Å². The Morgan fingerprint density at radius 1 is 1.36 bits per heavy atom. The highest BCUT2D eigenvalue weighted by Crippen LogP contribution is 2.28. The summed E-state index contributed by atoms with van der Waals surface area (Å²) >= 11 is 0. The third-order valence-corrected chi connectivity index (χ3v) is 4.66. The van der Waals surface area contributed by atoms with Crippen molar-refractivity contribution in [3.05, 3.63) is 35.6 Å². The van der Waals surface area contributed by atoms with Crippen molar-refractivity contribution in [3.8, 4) is 0 Å². The van der Waals surface area contributed by atoms with Crippen LogP contribution in [0, 0.1) is 11.7 Å². The maximum Gasteiger partial charge on any atom is 0.225 e. The molecule has 0 unspecified atom stereocenters. The molecule has 22 heavy (non-hydrogen) atoms. The van der Waals surface area contributed by atoms with Crippen molar-refractivity contribution in [2.24, 2.45) is 11.7 Å². The number of halogens is 1. The molecule has 0 spiro atoms. The average molecular weight is 306 g/mol. The molecular weight excluding hydrogens is 283 g/mol. The largest absolute Gasteiger partial charge is 0.370 e. The summed E-state index contributed by atoms with van der Waals surface area (Å²) in [6.07, 6.45) is 3.49. The summed E-state index contributed by atoms with van der Waals surface area (Å²) in [5.74, 6) is -0.0577. The topological polar surface area (TPSA) is 55.6 Å². The minimum absolute atomic E-state index is 0.0370. The van der Waals surface area contributed by atoms with Crippen LogP contribution in [0.25, 0.3) is 0 Å². The lowest BCUT2D eigenvalue weighted by Gasteiger charge is -2.37. The van der Waals surface area contributed by atoms with Crippen LogP contribution < -0.4 is 5.73 Å². The van der Waals surface area contributed by atoms with Gasteiger partial charge in [0, 0.05) is 18.5 Å². The number of nitrogens with zero attached hydrogens (tertiary/aromatic N) is 1. The molecule has 2 N–H and O–H groups in total. The van der Waals surface area contributed by atoms with Crippen molar-refractivity contribution in [2.75, 3.05) is 19.7 Å². The number of benzene rings is 1. The van der Waals surface area contributed by atoms with E-state index in [0.29, 0.717) is 19.7 Å². The van der Waals surface area contributed by atoms with Crippen LogP contribution in [0.5, 0.6) is 0 Å². The SMILES string of the molecule is N[C@@H]1CCC[C@@H](C(=O)N2CCO[C@@H](c3cccc(F)c3)C2)C1. The third-order valence-electron chi connectivity index (χ3n) is 4.66. The van der Waals surface area contributed by atoms with Gasteiger partial charge in [-0.2, -0.15) is 0 Å². The maximum absolute atomic E-state index is 13.4. The van der Waals surface area contributed by atoms with Crippen LogP contribution in [-0.2, 0) is 9.53 Å². The van der Waals surface area contributed by atoms with Gasteiger partial charge < -0.3 is 15.4 Å². The van der Waals surface area contributed by atoms with Gasteiger partial charge in [0.05, 0.1) is 13.2 Å². The molecule has 3 atom stereocenters. The third kappa shape index (κ3) is 3.47. The average Bonchev–Trinajstić information content (AvgIpc) is 2.54. The molecule has 1 aromatic carbocycles. The summed E-state index contributed by atoms with van der Waals surface area (Å²) in [5, 5.41) is 0. The van der Waals surface area contributed by atoms with Gasteiger partial charge in [0.25, 0.3) is 0 Å². The number of nitrogens with two attached hydrogens (primary N) is 1. The molecule has 2 aliphatic rings. The fourth-order valence-electron chi connectivity index (χ4n) is 3.47. The van der Waals surface area contributed by atoms with E-state index in [2.05, 4.69) is 0 Å². The van der Waals surface area contributed by atoms with E-state index in [1.54, 1.807) is 6.07 Å². The van der Waals surface area contributed by atoms with Crippen molar-refractivity contribution >= 4 is 5.91 Å². The number of carbonyl (C=O) groups excluding carboxylic acids is 1. The van der Waals surface area contributed by atoms with Gasteiger partial charge in [0.1, 0.15) is 11.9 Å². The van der Waals surface area contributed by atoms with Crippen molar-refractivity contribution < 1.29 is 13.9 Å². The molecule has 120 valence electrons. The van der Waals surface area contributed by atoms with E-state index in [9.17, 15) is 9.18 Å². The van der Waals surface area contributed by atoms with Gasteiger partial charge in [-0.3, -0.25) is 4.79 Å². The molecule has 1 saturated heterocycles. The van der Waals surface area contributed by atoms with E-state index < -0.39 is 0 Å². The Balaban J connectivity index is 1.66. The molecule has 4 nitrogen and oxygen atoms in total. The van der Waals surface area contributed by atoms with E-state index in [-0.39, 0.29) is 29.8 Å². The Kier molecular flexibility index (Phi) is 4.74. The first-order valence-electron chi connectivity index (χ1n) is 8.05. The van der Waals surface area contributed by atoms with Gasteiger partial charge >= 0.3 is 0 Å². The number of morpholine rings is 1. The predicted octanol–water partition coefficient (Wildman–Crippen LogP) is 2.24. The molecule has 5 heteroatoms. The number of carbonyl (C=O) groups is 1. The van der Waals surface area contributed by atoms with Gasteiger partial charge in [-0.15, -0.1) is 0 Å². The molecule has 0 aromatic heterocycles. The first-order valence-corrected chi connectivity index (χ1v) is 8.05. The summed E-state index contributed by atoms with van der Waals surface area (Å²) in [6, 6.07) is 6.56. The molecule has 1 aliphatic carbocycles. The first-order chi connectivity index (χ1) is 10.6. The second-order valence-electron chi connectivity index (χ2n) is 6.32. The molecule has 0 bridgehead atoms. The molecule has 2 fully saturated rings. The molecule has 3 rings (SSSR count). The second-order valence-corrected chi connectivity index (χ2v) is 6.32. The minimum Gasteiger partial charge on any atom is -0.370 e. The summed E-state index contributed by atoms with van der Waals surface area (Å²) in [7, 11) is 0. The molecular formula is C17H23FN2O2. The summed E-state index contributed by atoms with van der Waals surface area (Å²) < 4.78 is 19.1. The van der Waals surface area contributed by atoms with Crippen LogP contribution in [-0.4, -0.2) is 36.5 Å². The molecule has 1 amide bonds. The zero-order chi connectivity index (χ0) is 15.5. The van der Waals surface area contributed by atoms with Gasteiger partial charge in [-0.1, -0.05) is 18.6 Å². The number of amides is 1. The Morgan fingerprint density at radius 2 is 2.23 bits per heavy atom. The highest BCUT2D eigenvalue weighted by Gasteiger charge is 2.32. The second kappa shape index (κ2) is 6.75. The van der Waals surface area contributed by atoms with E-state index in [1.165, 1.54) is 12.1 Å². The molecule has 0 radical (unpaired) electrons. The minimum atomic E-state index is -0.275. The van der Waals surface area contributed by atoms with Crippen LogP contribution in [0.15, 0.2) is 24.3 Å². The molecule has 1 heterocycles. The summed E-state index contributed by atoms with van der Waals surface area (Å²) in [6.45, 7) is 1.59. The zero-order valence-electron chi connectivity index (χ0n) is 12.7. The number of ether oxygens (including phenoxy) is 1. The van der Waals surface area contributed by atoms with Crippen LogP contribution in [0.1, 0.15) is 37.4 Å². The lowest BCUT2D eigenvalue weighted by atomic mass is 9.85. The fraction of sp³-hybridized carbons (Fsp3) is 0.588. The van der Waals surface area contributed by atoms with E-state index in [1.807, 2.05) is 11.0 Å². The fourth-order valence-corrected chi connectivity index (χ4v) is 3.47. The van der Waals surface area contributed by atoms with Gasteiger partial charge in [-0.05, 0) is 37.0 Å². The molecule has 1 aliphatic heterocycles. The summed E-state index contributed by atoms with van der Waals surface area (Å²) in [5.41, 5.74) is 6.78. The summed E-state index contributed by atoms with van der Waals surface area (Å²) in [4.78, 5) is 14.5. The monoisotopic (exact) mass is 306 g/mol. The van der Waals surface area contributed by atoms with Crippen LogP contribution in [0.4, 0.5) is 4.39 Å². The lowest BCUT2D eigenvalue weighted by molar-refractivity contribution is -0.144.